The lowest BCUT2D eigenvalue weighted by Crippen LogP contribution is -2.27. The van der Waals surface area contributed by atoms with E-state index in [0.717, 1.165) is 24.9 Å². The van der Waals surface area contributed by atoms with Crippen LogP contribution in [0.15, 0.2) is 36.5 Å². The number of fused-ring (bicyclic) bond motifs is 1. The Morgan fingerprint density at radius 1 is 1.39 bits per heavy atom. The summed E-state index contributed by atoms with van der Waals surface area (Å²) < 4.78 is 0. The Balaban J connectivity index is 2.06. The van der Waals surface area contributed by atoms with Gasteiger partial charge in [-0.3, -0.25) is 4.98 Å². The van der Waals surface area contributed by atoms with Crippen molar-refractivity contribution in [2.45, 2.75) is 32.4 Å². The molecular formula is C16H18N2. The van der Waals surface area contributed by atoms with Crippen LogP contribution < -0.4 is 5.32 Å². The van der Waals surface area contributed by atoms with E-state index in [4.69, 9.17) is 6.42 Å². The molecule has 2 aromatic rings. The molecule has 18 heavy (non-hydrogen) atoms. The molecule has 1 aromatic heterocycles. The molecule has 0 aliphatic carbocycles. The molecular weight excluding hydrogens is 220 g/mol. The molecule has 1 heterocycles. The van der Waals surface area contributed by atoms with Crippen molar-refractivity contribution < 1.29 is 0 Å². The van der Waals surface area contributed by atoms with Gasteiger partial charge in [-0.05, 0) is 30.2 Å². The molecule has 1 N–H and O–H groups in total. The third-order valence-electron chi connectivity index (χ3n) is 3.12. The van der Waals surface area contributed by atoms with Crippen molar-refractivity contribution in [3.63, 3.8) is 0 Å². The fourth-order valence-corrected chi connectivity index (χ4v) is 2.00. The number of hydrogen-bond donors (Lipinski definition) is 1. The van der Waals surface area contributed by atoms with Crippen molar-refractivity contribution in [2.75, 3.05) is 0 Å². The topological polar surface area (TPSA) is 24.9 Å². The van der Waals surface area contributed by atoms with Gasteiger partial charge in [0, 0.05) is 30.6 Å². The van der Waals surface area contributed by atoms with Crippen molar-refractivity contribution in [3.8, 4) is 12.3 Å². The molecule has 1 aromatic carbocycles. The second-order valence-corrected chi connectivity index (χ2v) is 4.42. The smallest absolute Gasteiger partial charge is 0.0702 e. The Bertz CT molecular complexity index is 554. The van der Waals surface area contributed by atoms with Crippen molar-refractivity contribution in [3.05, 3.63) is 42.1 Å². The standard InChI is InChI=1S/C16H18N2/c1-3-6-15(4-2)18-12-13-8-9-16-14(11-13)7-5-10-17-16/h1,5,7-11,15,18H,4,6,12H2,2H3. The molecule has 0 aliphatic rings. The third-order valence-corrected chi connectivity index (χ3v) is 3.12. The van der Waals surface area contributed by atoms with E-state index >= 15 is 0 Å². The lowest BCUT2D eigenvalue weighted by molar-refractivity contribution is 0.507. The van der Waals surface area contributed by atoms with Crippen LogP contribution in [0.2, 0.25) is 0 Å². The van der Waals surface area contributed by atoms with Gasteiger partial charge in [0.25, 0.3) is 0 Å². The maximum Gasteiger partial charge on any atom is 0.0702 e. The second-order valence-electron chi connectivity index (χ2n) is 4.42. The van der Waals surface area contributed by atoms with Crippen LogP contribution in [0.4, 0.5) is 0 Å². The Morgan fingerprint density at radius 3 is 3.06 bits per heavy atom. The highest BCUT2D eigenvalue weighted by atomic mass is 14.9. The first-order valence-corrected chi connectivity index (χ1v) is 6.34. The minimum Gasteiger partial charge on any atom is -0.309 e. The molecule has 0 saturated heterocycles. The van der Waals surface area contributed by atoms with Gasteiger partial charge in [0.2, 0.25) is 0 Å². The predicted molar refractivity (Wildman–Crippen MR) is 76.1 cm³/mol. The average Bonchev–Trinajstić information content (AvgIpc) is 2.43. The molecule has 0 aliphatic heterocycles. The summed E-state index contributed by atoms with van der Waals surface area (Å²) in [6, 6.07) is 10.8. The van der Waals surface area contributed by atoms with E-state index in [-0.39, 0.29) is 0 Å². The van der Waals surface area contributed by atoms with Crippen LogP contribution in [0.1, 0.15) is 25.3 Å². The average molecular weight is 238 g/mol. The molecule has 0 radical (unpaired) electrons. The van der Waals surface area contributed by atoms with Crippen LogP contribution in [0.3, 0.4) is 0 Å². The predicted octanol–water partition coefficient (Wildman–Crippen LogP) is 3.13. The molecule has 0 bridgehead atoms. The van der Waals surface area contributed by atoms with Gasteiger partial charge in [-0.15, -0.1) is 12.3 Å². The quantitative estimate of drug-likeness (QED) is 0.809. The summed E-state index contributed by atoms with van der Waals surface area (Å²) in [6.45, 7) is 3.00. The number of nitrogens with zero attached hydrogens (tertiary/aromatic N) is 1. The molecule has 2 heteroatoms. The van der Waals surface area contributed by atoms with Crippen LogP contribution in [0, 0.1) is 12.3 Å². The highest BCUT2D eigenvalue weighted by Crippen LogP contribution is 2.13. The minimum atomic E-state index is 0.402. The zero-order valence-electron chi connectivity index (χ0n) is 10.7. The van der Waals surface area contributed by atoms with Gasteiger partial charge >= 0.3 is 0 Å². The fourth-order valence-electron chi connectivity index (χ4n) is 2.00. The van der Waals surface area contributed by atoms with Crippen LogP contribution in [-0.4, -0.2) is 11.0 Å². The summed E-state index contributed by atoms with van der Waals surface area (Å²) in [4.78, 5) is 4.32. The van der Waals surface area contributed by atoms with Gasteiger partial charge in [-0.2, -0.15) is 0 Å². The molecule has 0 amide bonds. The van der Waals surface area contributed by atoms with Gasteiger partial charge < -0.3 is 5.32 Å². The van der Waals surface area contributed by atoms with Crippen molar-refractivity contribution in [2.24, 2.45) is 0 Å². The lowest BCUT2D eigenvalue weighted by atomic mass is 10.1. The van der Waals surface area contributed by atoms with Crippen molar-refractivity contribution in [1.82, 2.24) is 10.3 Å². The minimum absolute atomic E-state index is 0.402. The van der Waals surface area contributed by atoms with Crippen LogP contribution in [0.25, 0.3) is 10.9 Å². The van der Waals surface area contributed by atoms with E-state index < -0.39 is 0 Å². The maximum atomic E-state index is 5.35. The van der Waals surface area contributed by atoms with E-state index in [1.165, 1.54) is 10.9 Å². The normalized spacial score (nSPS) is 12.2. The number of nitrogens with one attached hydrogen (secondary N) is 1. The number of rotatable bonds is 5. The molecule has 92 valence electrons. The molecule has 2 rings (SSSR count). The van der Waals surface area contributed by atoms with Gasteiger partial charge in [-0.1, -0.05) is 19.1 Å². The number of pyridine rings is 1. The number of aromatic nitrogens is 1. The highest BCUT2D eigenvalue weighted by Gasteiger charge is 2.04. The van der Waals surface area contributed by atoms with Crippen molar-refractivity contribution >= 4 is 10.9 Å². The Hall–Kier alpha value is -1.85. The summed E-state index contributed by atoms with van der Waals surface area (Å²) in [7, 11) is 0. The van der Waals surface area contributed by atoms with Crippen molar-refractivity contribution in [1.29, 1.82) is 0 Å². The summed E-state index contributed by atoms with van der Waals surface area (Å²) in [5.41, 5.74) is 2.31. The van der Waals surface area contributed by atoms with Gasteiger partial charge in [0.15, 0.2) is 0 Å². The zero-order chi connectivity index (χ0) is 12.8. The molecule has 1 unspecified atom stereocenters. The zero-order valence-corrected chi connectivity index (χ0v) is 10.7. The first-order valence-electron chi connectivity index (χ1n) is 6.34. The molecule has 0 fully saturated rings. The Kier molecular flexibility index (Phi) is 4.33. The van der Waals surface area contributed by atoms with E-state index in [1.54, 1.807) is 0 Å². The second kappa shape index (κ2) is 6.18. The summed E-state index contributed by atoms with van der Waals surface area (Å²) in [6.07, 6.45) is 9.01. The van der Waals surface area contributed by atoms with E-state index in [0.29, 0.717) is 6.04 Å². The third kappa shape index (κ3) is 3.09. The number of benzene rings is 1. The largest absolute Gasteiger partial charge is 0.309 e. The molecule has 1 atom stereocenters. The maximum absolute atomic E-state index is 5.35. The SMILES string of the molecule is C#CCC(CC)NCc1ccc2ncccc2c1. The fraction of sp³-hybridized carbons (Fsp3) is 0.312. The van der Waals surface area contributed by atoms with E-state index in [2.05, 4.69) is 47.4 Å². The number of hydrogen-bond acceptors (Lipinski definition) is 2. The molecule has 2 nitrogen and oxygen atoms in total. The Morgan fingerprint density at radius 2 is 2.28 bits per heavy atom. The van der Waals surface area contributed by atoms with E-state index in [9.17, 15) is 0 Å². The first kappa shape index (κ1) is 12.6. The number of terminal acetylenes is 1. The summed E-state index contributed by atoms with van der Waals surface area (Å²) in [5, 5.41) is 4.67. The summed E-state index contributed by atoms with van der Waals surface area (Å²) >= 11 is 0. The first-order chi connectivity index (χ1) is 8.83. The Labute approximate surface area is 108 Å². The molecule has 0 saturated carbocycles. The van der Waals surface area contributed by atoms with E-state index in [1.807, 2.05) is 12.3 Å². The lowest BCUT2D eigenvalue weighted by Gasteiger charge is -2.14. The van der Waals surface area contributed by atoms with Crippen LogP contribution in [0.5, 0.6) is 0 Å². The van der Waals surface area contributed by atoms with Gasteiger partial charge in [-0.25, -0.2) is 0 Å². The monoisotopic (exact) mass is 238 g/mol. The highest BCUT2D eigenvalue weighted by molar-refractivity contribution is 5.78. The summed E-state index contributed by atoms with van der Waals surface area (Å²) in [5.74, 6) is 2.71. The van der Waals surface area contributed by atoms with Gasteiger partial charge in [0.05, 0.1) is 5.52 Å². The van der Waals surface area contributed by atoms with Crippen LogP contribution >= 0.6 is 0 Å². The van der Waals surface area contributed by atoms with Gasteiger partial charge in [0.1, 0.15) is 0 Å². The van der Waals surface area contributed by atoms with Crippen LogP contribution in [-0.2, 0) is 6.54 Å². The molecule has 0 spiro atoms.